The Balaban J connectivity index is 2.52. The molecule has 3 N–H and O–H groups in total. The van der Waals surface area contributed by atoms with Gasteiger partial charge in [-0.1, -0.05) is 32.1 Å². The molecule has 2 atom stereocenters. The molecule has 1 saturated carbocycles. The first-order valence-electron chi connectivity index (χ1n) is 7.59. The van der Waals surface area contributed by atoms with Gasteiger partial charge in [0.2, 0.25) is 0 Å². The van der Waals surface area contributed by atoms with Crippen LogP contribution in [-0.2, 0) is 4.74 Å². The number of nitrogens with one attached hydrogen (secondary N) is 1. The molecule has 118 valence electrons. The molecule has 0 saturated heterocycles. The Kier molecular flexibility index (Phi) is 6.76. The molecule has 0 aromatic heterocycles. The van der Waals surface area contributed by atoms with Crippen LogP contribution in [0.2, 0.25) is 0 Å². The van der Waals surface area contributed by atoms with Crippen LogP contribution in [0.4, 0.5) is 4.79 Å². The van der Waals surface area contributed by atoms with Gasteiger partial charge in [0.25, 0.3) is 0 Å². The number of aliphatic hydroxyl groups excluding tert-OH is 2. The Bertz CT molecular complexity index is 295. The summed E-state index contributed by atoms with van der Waals surface area (Å²) in [6.07, 6.45) is 4.31. The molecule has 1 rings (SSSR count). The number of amides is 1. The number of rotatable bonds is 5. The van der Waals surface area contributed by atoms with E-state index in [0.717, 1.165) is 12.8 Å². The van der Waals surface area contributed by atoms with E-state index in [-0.39, 0.29) is 12.1 Å². The van der Waals surface area contributed by atoms with Crippen LogP contribution < -0.4 is 5.32 Å². The van der Waals surface area contributed by atoms with Gasteiger partial charge in [-0.05, 0) is 33.1 Å². The number of hydrogen-bond acceptors (Lipinski definition) is 4. The molecule has 5 nitrogen and oxygen atoms in total. The minimum Gasteiger partial charge on any atom is -0.443 e. The molecule has 0 spiro atoms. The summed E-state index contributed by atoms with van der Waals surface area (Å²) >= 11 is 0. The first-order chi connectivity index (χ1) is 9.31. The minimum atomic E-state index is -1.01. The van der Waals surface area contributed by atoms with Gasteiger partial charge in [-0.25, -0.2) is 4.79 Å². The highest BCUT2D eigenvalue weighted by Gasteiger charge is 2.28. The zero-order valence-electron chi connectivity index (χ0n) is 12.9. The Labute approximate surface area is 121 Å². The van der Waals surface area contributed by atoms with Crippen molar-refractivity contribution in [1.29, 1.82) is 0 Å². The van der Waals surface area contributed by atoms with Crippen molar-refractivity contribution in [3.63, 3.8) is 0 Å². The lowest BCUT2D eigenvalue weighted by Gasteiger charge is -2.30. The van der Waals surface area contributed by atoms with Gasteiger partial charge in [0.05, 0.1) is 6.61 Å². The van der Waals surface area contributed by atoms with E-state index in [1.807, 2.05) is 20.8 Å². The van der Waals surface area contributed by atoms with Crippen molar-refractivity contribution in [3.8, 4) is 0 Å². The first-order valence-corrected chi connectivity index (χ1v) is 7.59. The van der Waals surface area contributed by atoms with Crippen LogP contribution >= 0.6 is 0 Å². The summed E-state index contributed by atoms with van der Waals surface area (Å²) in [6.45, 7) is 5.22. The topological polar surface area (TPSA) is 78.8 Å². The van der Waals surface area contributed by atoms with Gasteiger partial charge in [0, 0.05) is 5.54 Å². The maximum atomic E-state index is 11.8. The third-order valence-corrected chi connectivity index (χ3v) is 3.64. The van der Waals surface area contributed by atoms with Crippen LogP contribution in [0, 0.1) is 5.92 Å². The lowest BCUT2D eigenvalue weighted by atomic mass is 9.84. The highest BCUT2D eigenvalue weighted by molar-refractivity contribution is 5.68. The molecule has 1 amide bonds. The summed E-state index contributed by atoms with van der Waals surface area (Å²) in [5, 5.41) is 21.7. The smallest absolute Gasteiger partial charge is 0.407 e. The number of aliphatic hydroxyl groups is 2. The molecule has 1 aliphatic carbocycles. The molecule has 0 radical (unpaired) electrons. The molecular weight excluding hydrogens is 258 g/mol. The summed E-state index contributed by atoms with van der Waals surface area (Å²) in [5.74, 6) is 0.470. The normalized spacial score (nSPS) is 20.2. The van der Waals surface area contributed by atoms with Crippen molar-refractivity contribution in [1.82, 2.24) is 5.32 Å². The zero-order valence-corrected chi connectivity index (χ0v) is 12.9. The maximum Gasteiger partial charge on any atom is 0.407 e. The molecule has 0 aromatic rings. The first kappa shape index (κ1) is 17.2. The average molecular weight is 287 g/mol. The van der Waals surface area contributed by atoms with Crippen molar-refractivity contribution in [3.05, 3.63) is 0 Å². The number of alkyl carbamates (subject to hydrolysis) is 1. The van der Waals surface area contributed by atoms with Crippen molar-refractivity contribution in [2.24, 2.45) is 5.92 Å². The van der Waals surface area contributed by atoms with Crippen LogP contribution in [0.15, 0.2) is 0 Å². The third kappa shape index (κ3) is 6.57. The lowest BCUT2D eigenvalue weighted by molar-refractivity contribution is -0.0374. The van der Waals surface area contributed by atoms with E-state index in [0.29, 0.717) is 12.3 Å². The second-order valence-electron chi connectivity index (χ2n) is 6.81. The largest absolute Gasteiger partial charge is 0.443 e. The Morgan fingerprint density at radius 3 is 2.40 bits per heavy atom. The van der Waals surface area contributed by atoms with Crippen LogP contribution in [0.3, 0.4) is 0 Å². The second-order valence-corrected chi connectivity index (χ2v) is 6.81. The van der Waals surface area contributed by atoms with E-state index in [9.17, 15) is 9.90 Å². The van der Waals surface area contributed by atoms with Crippen molar-refractivity contribution >= 4 is 6.09 Å². The third-order valence-electron chi connectivity index (χ3n) is 3.64. The standard InChI is InChI=1S/C15H29NO4/c1-15(2,3)16-14(19)20-13(12(18)10-17)9-11-7-5-4-6-8-11/h11-13,17-18H,4-10H2,1-3H3,(H,16,19). The summed E-state index contributed by atoms with van der Waals surface area (Å²) in [4.78, 5) is 11.8. The van der Waals surface area contributed by atoms with Gasteiger partial charge in [-0.2, -0.15) is 0 Å². The zero-order chi connectivity index (χ0) is 15.2. The van der Waals surface area contributed by atoms with Crippen molar-refractivity contribution in [2.45, 2.75) is 77.0 Å². The number of carbonyl (C=O) groups is 1. The monoisotopic (exact) mass is 287 g/mol. The van der Waals surface area contributed by atoms with Crippen LogP contribution in [0.1, 0.15) is 59.3 Å². The van der Waals surface area contributed by atoms with Crippen LogP contribution in [0.5, 0.6) is 0 Å². The number of carbonyl (C=O) groups excluding carboxylic acids is 1. The number of hydrogen-bond donors (Lipinski definition) is 3. The Hall–Kier alpha value is -0.810. The van der Waals surface area contributed by atoms with Crippen molar-refractivity contribution < 1.29 is 19.7 Å². The molecule has 0 bridgehead atoms. The van der Waals surface area contributed by atoms with Crippen molar-refractivity contribution in [2.75, 3.05) is 6.61 Å². The molecule has 2 unspecified atom stereocenters. The molecule has 20 heavy (non-hydrogen) atoms. The van der Waals surface area contributed by atoms with Gasteiger partial charge in [-0.3, -0.25) is 0 Å². The summed E-state index contributed by atoms with van der Waals surface area (Å²) in [5.41, 5.74) is -0.378. The highest BCUT2D eigenvalue weighted by Crippen LogP contribution is 2.29. The summed E-state index contributed by atoms with van der Waals surface area (Å²) in [7, 11) is 0. The molecule has 1 fully saturated rings. The van der Waals surface area contributed by atoms with Gasteiger partial charge in [-0.15, -0.1) is 0 Å². The Morgan fingerprint density at radius 2 is 1.90 bits per heavy atom. The Morgan fingerprint density at radius 1 is 1.30 bits per heavy atom. The summed E-state index contributed by atoms with van der Waals surface area (Å²) in [6, 6.07) is 0. The van der Waals surface area contributed by atoms with Crippen LogP contribution in [0.25, 0.3) is 0 Å². The fourth-order valence-corrected chi connectivity index (χ4v) is 2.63. The fraction of sp³-hybridized carbons (Fsp3) is 0.933. The predicted molar refractivity (Wildman–Crippen MR) is 77.4 cm³/mol. The average Bonchev–Trinajstić information content (AvgIpc) is 2.36. The van der Waals surface area contributed by atoms with Gasteiger partial charge in [0.1, 0.15) is 12.2 Å². The van der Waals surface area contributed by atoms with E-state index < -0.39 is 18.3 Å². The van der Waals surface area contributed by atoms with Crippen LogP contribution in [-0.4, -0.2) is 40.7 Å². The van der Waals surface area contributed by atoms with Gasteiger partial charge >= 0.3 is 6.09 Å². The molecule has 0 heterocycles. The van der Waals surface area contributed by atoms with Gasteiger partial charge < -0.3 is 20.3 Å². The quantitative estimate of drug-likeness (QED) is 0.724. The van der Waals surface area contributed by atoms with Gasteiger partial charge in [0.15, 0.2) is 0 Å². The molecular formula is C15H29NO4. The maximum absolute atomic E-state index is 11.8. The molecule has 1 aliphatic rings. The van der Waals surface area contributed by atoms with E-state index in [2.05, 4.69) is 5.32 Å². The SMILES string of the molecule is CC(C)(C)NC(=O)OC(CC1CCCCC1)C(O)CO. The second kappa shape index (κ2) is 7.84. The molecule has 0 aliphatic heterocycles. The lowest BCUT2D eigenvalue weighted by Crippen LogP contribution is -2.45. The number of ether oxygens (including phenoxy) is 1. The van der Waals surface area contributed by atoms with E-state index in [1.54, 1.807) is 0 Å². The van der Waals surface area contributed by atoms with E-state index in [4.69, 9.17) is 9.84 Å². The van der Waals surface area contributed by atoms with E-state index >= 15 is 0 Å². The molecule has 0 aromatic carbocycles. The highest BCUT2D eigenvalue weighted by atomic mass is 16.6. The minimum absolute atomic E-state index is 0.378. The summed E-state index contributed by atoms with van der Waals surface area (Å²) < 4.78 is 5.32. The predicted octanol–water partition coefficient (Wildman–Crippen LogP) is 2.20. The fourth-order valence-electron chi connectivity index (χ4n) is 2.63. The van der Waals surface area contributed by atoms with E-state index in [1.165, 1.54) is 19.3 Å². The molecule has 5 heteroatoms.